The van der Waals surface area contributed by atoms with Gasteiger partial charge in [0.1, 0.15) is 0 Å². The van der Waals surface area contributed by atoms with Crippen molar-refractivity contribution in [3.63, 3.8) is 0 Å². The van der Waals surface area contributed by atoms with E-state index < -0.39 is 18.1 Å². The van der Waals surface area contributed by atoms with Gasteiger partial charge in [-0.25, -0.2) is 4.79 Å². The first-order valence-corrected chi connectivity index (χ1v) is 12.4. The summed E-state index contributed by atoms with van der Waals surface area (Å²) < 4.78 is 39.1. The van der Waals surface area contributed by atoms with Crippen molar-refractivity contribution in [1.29, 1.82) is 0 Å². The number of alkyl halides is 3. The Morgan fingerprint density at radius 3 is 2.30 bits per heavy atom. The van der Waals surface area contributed by atoms with Crippen molar-refractivity contribution in [3.8, 4) is 0 Å². The fourth-order valence-electron chi connectivity index (χ4n) is 4.38. The predicted octanol–water partition coefficient (Wildman–Crippen LogP) is 5.80. The van der Waals surface area contributed by atoms with E-state index in [2.05, 4.69) is 10.2 Å². The van der Waals surface area contributed by atoms with E-state index in [1.54, 1.807) is 24.3 Å². The molecule has 1 N–H and O–H groups in total. The summed E-state index contributed by atoms with van der Waals surface area (Å²) in [5.74, 6) is -2.31. The molecule has 2 atom stereocenters. The van der Waals surface area contributed by atoms with Crippen molar-refractivity contribution in [1.82, 2.24) is 5.32 Å². The molecule has 37 heavy (non-hydrogen) atoms. The summed E-state index contributed by atoms with van der Waals surface area (Å²) in [7, 11) is 0. The van der Waals surface area contributed by atoms with Crippen LogP contribution in [0.4, 0.5) is 18.9 Å². The minimum absolute atomic E-state index is 0.0280. The summed E-state index contributed by atoms with van der Waals surface area (Å²) >= 11 is 0. The molecule has 0 heterocycles. The summed E-state index contributed by atoms with van der Waals surface area (Å²) in [5.41, 5.74) is 3.06. The maximum Gasteiger partial charge on any atom is 0.493 e. The second kappa shape index (κ2) is 10.4. The number of halogens is 3. The third kappa shape index (κ3) is 6.38. The molecule has 5 nitrogen and oxygen atoms in total. The first kappa shape index (κ1) is 25.0. The maximum absolute atomic E-state index is 13.3. The highest BCUT2D eigenvalue weighted by atomic mass is 19.4. The summed E-state index contributed by atoms with van der Waals surface area (Å²) in [6.45, 7) is 0.987. The van der Waals surface area contributed by atoms with E-state index in [0.29, 0.717) is 17.5 Å². The number of nitrogens with zero attached hydrogens (tertiary/aromatic N) is 1. The first-order chi connectivity index (χ1) is 17.8. The normalized spacial score (nSPS) is 18.8. The Labute approximate surface area is 213 Å². The van der Waals surface area contributed by atoms with Crippen molar-refractivity contribution in [2.45, 2.75) is 43.8 Å². The topological polar surface area (TPSA) is 58.6 Å². The largest absolute Gasteiger partial charge is 0.493 e. The third-order valence-corrected chi connectivity index (χ3v) is 6.73. The van der Waals surface area contributed by atoms with Crippen molar-refractivity contribution in [2.24, 2.45) is 5.92 Å². The van der Waals surface area contributed by atoms with Crippen LogP contribution in [-0.4, -0.2) is 30.6 Å². The molecule has 0 saturated heterocycles. The monoisotopic (exact) mass is 508 g/mol. The average Bonchev–Trinajstić information content (AvgIpc) is 3.82. The van der Waals surface area contributed by atoms with Crippen molar-refractivity contribution < 1.29 is 27.6 Å². The molecule has 2 aliphatic rings. The van der Waals surface area contributed by atoms with Gasteiger partial charge in [0.25, 0.3) is 5.91 Å². The van der Waals surface area contributed by atoms with Crippen LogP contribution in [-0.2, 0) is 16.1 Å². The molecule has 2 aliphatic carbocycles. The van der Waals surface area contributed by atoms with Gasteiger partial charge in [0.15, 0.2) is 0 Å². The van der Waals surface area contributed by atoms with Crippen LogP contribution >= 0.6 is 0 Å². The Kier molecular flexibility index (Phi) is 7.02. The molecule has 0 aromatic heterocycles. The molecule has 0 aliphatic heterocycles. The molecule has 3 aromatic carbocycles. The van der Waals surface area contributed by atoms with E-state index in [0.717, 1.165) is 35.6 Å². The standard InChI is InChI=1S/C29H27F3N2O3/c30-29(31,32)28(36)37-34(24-13-11-20(12-14-24)15-19-5-2-1-3-6-19)27(35)23-8-4-7-22(16-23)25-17-26(25)33-18-21-9-10-21/h1-8,11-14,16,21,25-26,33H,9-10,15,17-18H2. The summed E-state index contributed by atoms with van der Waals surface area (Å²) in [6, 6.07) is 23.1. The van der Waals surface area contributed by atoms with Gasteiger partial charge in [0.05, 0.1) is 5.69 Å². The van der Waals surface area contributed by atoms with Crippen LogP contribution in [0.2, 0.25) is 0 Å². The second-order valence-electron chi connectivity index (χ2n) is 9.73. The summed E-state index contributed by atoms with van der Waals surface area (Å²) in [5, 5.41) is 3.97. The second-order valence-corrected chi connectivity index (χ2v) is 9.73. The fourth-order valence-corrected chi connectivity index (χ4v) is 4.38. The van der Waals surface area contributed by atoms with Gasteiger partial charge in [0, 0.05) is 17.5 Å². The molecule has 0 spiro atoms. The van der Waals surface area contributed by atoms with Crippen LogP contribution < -0.4 is 10.4 Å². The van der Waals surface area contributed by atoms with E-state index in [9.17, 15) is 22.8 Å². The van der Waals surface area contributed by atoms with Gasteiger partial charge in [0.2, 0.25) is 0 Å². The number of nitrogens with one attached hydrogen (secondary N) is 1. The number of carbonyl (C=O) groups excluding carboxylic acids is 2. The Hall–Kier alpha value is -3.65. The van der Waals surface area contributed by atoms with Gasteiger partial charge in [-0.1, -0.05) is 54.6 Å². The summed E-state index contributed by atoms with van der Waals surface area (Å²) in [6.07, 6.45) is -1.18. The molecule has 2 unspecified atom stereocenters. The van der Waals surface area contributed by atoms with E-state index in [1.807, 2.05) is 36.4 Å². The van der Waals surface area contributed by atoms with Crippen LogP contribution in [0.5, 0.6) is 0 Å². The van der Waals surface area contributed by atoms with E-state index in [4.69, 9.17) is 0 Å². The van der Waals surface area contributed by atoms with E-state index in [1.165, 1.54) is 31.0 Å². The number of amides is 1. The molecule has 8 heteroatoms. The number of anilines is 1. The van der Waals surface area contributed by atoms with Gasteiger partial charge >= 0.3 is 12.1 Å². The quantitative estimate of drug-likeness (QED) is 0.391. The molecule has 5 rings (SSSR count). The highest BCUT2D eigenvalue weighted by molar-refractivity contribution is 6.06. The SMILES string of the molecule is O=C(c1cccc(C2CC2NCC2CC2)c1)N(OC(=O)C(F)(F)F)c1ccc(Cc2ccccc2)cc1. The molecule has 2 fully saturated rings. The molecule has 0 bridgehead atoms. The lowest BCUT2D eigenvalue weighted by atomic mass is 10.0. The minimum Gasteiger partial charge on any atom is -0.324 e. The zero-order valence-electron chi connectivity index (χ0n) is 20.1. The number of rotatable bonds is 8. The zero-order valence-corrected chi connectivity index (χ0v) is 20.1. The van der Waals surface area contributed by atoms with Gasteiger partial charge in [-0.2, -0.15) is 13.2 Å². The van der Waals surface area contributed by atoms with Crippen LogP contribution in [0.15, 0.2) is 78.9 Å². The Balaban J connectivity index is 1.34. The van der Waals surface area contributed by atoms with Crippen LogP contribution in [0.1, 0.15) is 52.2 Å². The smallest absolute Gasteiger partial charge is 0.324 e. The lowest BCUT2D eigenvalue weighted by molar-refractivity contribution is -0.199. The van der Waals surface area contributed by atoms with Gasteiger partial charge in [-0.05, 0) is 79.1 Å². The molecule has 192 valence electrons. The molecule has 3 aromatic rings. The minimum atomic E-state index is -5.25. The first-order valence-electron chi connectivity index (χ1n) is 12.4. The van der Waals surface area contributed by atoms with Crippen molar-refractivity contribution >= 4 is 17.6 Å². The average molecular weight is 509 g/mol. The van der Waals surface area contributed by atoms with Gasteiger partial charge in [-0.15, -0.1) is 5.06 Å². The number of hydroxylamine groups is 1. The maximum atomic E-state index is 13.3. The highest BCUT2D eigenvalue weighted by Crippen LogP contribution is 2.42. The number of benzene rings is 3. The lowest BCUT2D eigenvalue weighted by Gasteiger charge is -2.22. The molecule has 1 amide bonds. The van der Waals surface area contributed by atoms with Gasteiger partial charge in [-0.3, -0.25) is 4.79 Å². The van der Waals surface area contributed by atoms with Crippen LogP contribution in [0, 0.1) is 5.92 Å². The number of hydrogen-bond donors (Lipinski definition) is 1. The van der Waals surface area contributed by atoms with E-state index in [-0.39, 0.29) is 17.2 Å². The zero-order chi connectivity index (χ0) is 26.0. The number of hydrogen-bond acceptors (Lipinski definition) is 4. The van der Waals surface area contributed by atoms with Gasteiger partial charge < -0.3 is 10.2 Å². The summed E-state index contributed by atoms with van der Waals surface area (Å²) in [4.78, 5) is 29.6. The highest BCUT2D eigenvalue weighted by Gasteiger charge is 2.44. The molecular formula is C29H27F3N2O3. The van der Waals surface area contributed by atoms with Crippen LogP contribution in [0.25, 0.3) is 0 Å². The third-order valence-electron chi connectivity index (χ3n) is 6.73. The number of carbonyl (C=O) groups is 2. The molecular weight excluding hydrogens is 481 g/mol. The predicted molar refractivity (Wildman–Crippen MR) is 133 cm³/mol. The Bertz CT molecular complexity index is 1260. The van der Waals surface area contributed by atoms with Crippen LogP contribution in [0.3, 0.4) is 0 Å². The Morgan fingerprint density at radius 1 is 0.919 bits per heavy atom. The van der Waals surface area contributed by atoms with Crippen molar-refractivity contribution in [3.05, 3.63) is 101 Å². The Morgan fingerprint density at radius 2 is 1.62 bits per heavy atom. The lowest BCUT2D eigenvalue weighted by Crippen LogP contribution is -2.38. The molecule has 0 radical (unpaired) electrons. The van der Waals surface area contributed by atoms with E-state index >= 15 is 0 Å². The fraction of sp³-hybridized carbons (Fsp3) is 0.310. The molecule has 2 saturated carbocycles. The van der Waals surface area contributed by atoms with Crippen molar-refractivity contribution in [2.75, 3.05) is 11.6 Å².